The van der Waals surface area contributed by atoms with Crippen LogP contribution >= 0.6 is 0 Å². The summed E-state index contributed by atoms with van der Waals surface area (Å²) in [7, 11) is 0. The van der Waals surface area contributed by atoms with E-state index >= 15 is 0 Å². The SMILES string of the molecule is CC(NC(=O)c1cc(N2CCOCC2)ncn1)c1cc(-c2nc3nc(C(C)(C)C)ncc3[nH]2)no1. The predicted molar refractivity (Wildman–Crippen MR) is 127 cm³/mol. The van der Waals surface area contributed by atoms with Gasteiger partial charge in [0.15, 0.2) is 17.2 Å². The third-order valence-corrected chi connectivity index (χ3v) is 5.68. The topological polar surface area (TPSA) is 148 Å². The molecule has 1 amide bonds. The molecule has 0 aromatic carbocycles. The van der Waals surface area contributed by atoms with Crippen molar-refractivity contribution in [3.63, 3.8) is 0 Å². The number of fused-ring (bicyclic) bond motifs is 1. The van der Waals surface area contributed by atoms with Gasteiger partial charge in [-0.25, -0.2) is 24.9 Å². The van der Waals surface area contributed by atoms with Crippen LogP contribution in [-0.2, 0) is 10.2 Å². The maximum absolute atomic E-state index is 12.8. The second kappa shape index (κ2) is 9.02. The van der Waals surface area contributed by atoms with Crippen molar-refractivity contribution in [2.24, 2.45) is 0 Å². The van der Waals surface area contributed by atoms with E-state index in [1.165, 1.54) is 6.33 Å². The highest BCUT2D eigenvalue weighted by Gasteiger charge is 2.22. The van der Waals surface area contributed by atoms with Crippen molar-refractivity contribution in [2.45, 2.75) is 39.2 Å². The van der Waals surface area contributed by atoms with Crippen LogP contribution in [0.15, 0.2) is 29.2 Å². The number of amides is 1. The summed E-state index contributed by atoms with van der Waals surface area (Å²) in [4.78, 5) is 40.0. The molecule has 1 atom stereocenters. The van der Waals surface area contributed by atoms with E-state index in [0.717, 1.165) is 13.1 Å². The molecule has 35 heavy (non-hydrogen) atoms. The Hall–Kier alpha value is -3.93. The third-order valence-electron chi connectivity index (χ3n) is 5.68. The maximum atomic E-state index is 12.8. The van der Waals surface area contributed by atoms with Crippen molar-refractivity contribution in [1.82, 2.24) is 40.4 Å². The summed E-state index contributed by atoms with van der Waals surface area (Å²) in [5.74, 6) is 2.08. The van der Waals surface area contributed by atoms with Crippen molar-refractivity contribution in [1.29, 1.82) is 0 Å². The molecule has 12 heteroatoms. The zero-order valence-corrected chi connectivity index (χ0v) is 20.1. The van der Waals surface area contributed by atoms with Crippen LogP contribution in [0, 0.1) is 0 Å². The van der Waals surface area contributed by atoms with E-state index in [1.807, 2.05) is 27.7 Å². The Morgan fingerprint density at radius 3 is 2.71 bits per heavy atom. The van der Waals surface area contributed by atoms with Crippen molar-refractivity contribution in [2.75, 3.05) is 31.2 Å². The van der Waals surface area contributed by atoms with Crippen LogP contribution in [0.2, 0.25) is 0 Å². The van der Waals surface area contributed by atoms with E-state index in [2.05, 4.69) is 45.3 Å². The predicted octanol–water partition coefficient (Wildman–Crippen LogP) is 2.42. The average Bonchev–Trinajstić information content (AvgIpc) is 3.51. The Kier molecular flexibility index (Phi) is 5.89. The summed E-state index contributed by atoms with van der Waals surface area (Å²) in [5, 5.41) is 7.02. The van der Waals surface area contributed by atoms with Crippen LogP contribution in [0.4, 0.5) is 5.82 Å². The van der Waals surface area contributed by atoms with Gasteiger partial charge < -0.3 is 24.5 Å². The van der Waals surface area contributed by atoms with Gasteiger partial charge in [0.2, 0.25) is 0 Å². The van der Waals surface area contributed by atoms with Gasteiger partial charge in [0.1, 0.15) is 34.9 Å². The lowest BCUT2D eigenvalue weighted by Gasteiger charge is -2.27. The van der Waals surface area contributed by atoms with Crippen molar-refractivity contribution < 1.29 is 14.1 Å². The normalized spacial score (nSPS) is 15.4. The van der Waals surface area contributed by atoms with Gasteiger partial charge in [-0.1, -0.05) is 25.9 Å². The maximum Gasteiger partial charge on any atom is 0.270 e. The van der Waals surface area contributed by atoms with Crippen LogP contribution in [0.1, 0.15) is 55.8 Å². The highest BCUT2D eigenvalue weighted by Crippen LogP contribution is 2.24. The van der Waals surface area contributed by atoms with E-state index < -0.39 is 6.04 Å². The number of aromatic amines is 1. The van der Waals surface area contributed by atoms with Crippen LogP contribution < -0.4 is 10.2 Å². The first kappa shape index (κ1) is 22.8. The number of carbonyl (C=O) groups is 1. The molecule has 0 radical (unpaired) electrons. The highest BCUT2D eigenvalue weighted by atomic mass is 16.5. The van der Waals surface area contributed by atoms with Crippen molar-refractivity contribution >= 4 is 22.9 Å². The minimum atomic E-state index is -0.442. The number of hydrogen-bond donors (Lipinski definition) is 2. The first-order valence-corrected chi connectivity index (χ1v) is 11.4. The fourth-order valence-electron chi connectivity index (χ4n) is 3.67. The Morgan fingerprint density at radius 2 is 1.94 bits per heavy atom. The van der Waals surface area contributed by atoms with Crippen LogP contribution in [0.25, 0.3) is 22.7 Å². The molecule has 1 unspecified atom stereocenters. The molecule has 1 fully saturated rings. The second-order valence-corrected chi connectivity index (χ2v) is 9.44. The minimum Gasteiger partial charge on any atom is -0.378 e. The standard InChI is InChI=1S/C23H27N9O3/c1-13(27-21(33)15-10-18(26-12-25-15)32-5-7-34-8-6-32)17-9-14(31-35-17)19-28-16-11-24-22(23(2,3)4)30-20(16)29-19/h9-13H,5-8H2,1-4H3,(H,27,33)(H,24,28,29,30). The molecule has 0 bridgehead atoms. The number of H-pyrrole nitrogens is 1. The van der Waals surface area contributed by atoms with E-state index in [0.29, 0.717) is 53.3 Å². The lowest BCUT2D eigenvalue weighted by atomic mass is 9.96. The summed E-state index contributed by atoms with van der Waals surface area (Å²) < 4.78 is 10.9. The van der Waals surface area contributed by atoms with Gasteiger partial charge in [-0.15, -0.1) is 0 Å². The molecule has 12 nitrogen and oxygen atoms in total. The number of morpholine rings is 1. The Bertz CT molecular complexity index is 1350. The van der Waals surface area contributed by atoms with Crippen molar-refractivity contribution in [3.05, 3.63) is 41.9 Å². The number of imidazole rings is 1. The first-order valence-electron chi connectivity index (χ1n) is 11.4. The largest absolute Gasteiger partial charge is 0.378 e. The zero-order chi connectivity index (χ0) is 24.6. The Morgan fingerprint density at radius 1 is 1.14 bits per heavy atom. The molecular weight excluding hydrogens is 450 g/mol. The zero-order valence-electron chi connectivity index (χ0n) is 20.1. The number of nitrogens with one attached hydrogen (secondary N) is 2. The fraction of sp³-hybridized carbons (Fsp3) is 0.435. The van der Waals surface area contributed by atoms with Gasteiger partial charge in [-0.3, -0.25) is 4.79 Å². The molecule has 1 aliphatic heterocycles. The molecule has 0 aliphatic carbocycles. The van der Waals surface area contributed by atoms with Crippen LogP contribution in [0.3, 0.4) is 0 Å². The van der Waals surface area contributed by atoms with Gasteiger partial charge in [0.05, 0.1) is 25.5 Å². The number of rotatable bonds is 5. The summed E-state index contributed by atoms with van der Waals surface area (Å²) in [6, 6.07) is 2.97. The summed E-state index contributed by atoms with van der Waals surface area (Å²) in [6.45, 7) is 10.7. The molecule has 5 heterocycles. The third kappa shape index (κ3) is 4.83. The molecule has 0 saturated carbocycles. The van der Waals surface area contributed by atoms with Crippen LogP contribution in [-0.4, -0.2) is 67.3 Å². The quantitative estimate of drug-likeness (QED) is 0.439. The van der Waals surface area contributed by atoms with Crippen LogP contribution in [0.5, 0.6) is 0 Å². The molecule has 182 valence electrons. The molecular formula is C23H27N9O3. The second-order valence-electron chi connectivity index (χ2n) is 9.44. The molecule has 4 aromatic heterocycles. The first-order chi connectivity index (χ1) is 16.8. The van der Waals surface area contributed by atoms with E-state index in [-0.39, 0.29) is 17.0 Å². The number of aromatic nitrogens is 7. The van der Waals surface area contributed by atoms with E-state index in [4.69, 9.17) is 9.26 Å². The summed E-state index contributed by atoms with van der Waals surface area (Å²) in [5.41, 5.74) is 1.87. The van der Waals surface area contributed by atoms with E-state index in [9.17, 15) is 4.79 Å². The number of ether oxygens (including phenoxy) is 1. The lowest BCUT2D eigenvalue weighted by Crippen LogP contribution is -2.37. The van der Waals surface area contributed by atoms with Gasteiger partial charge in [0, 0.05) is 30.6 Å². The molecule has 4 aromatic rings. The van der Waals surface area contributed by atoms with Gasteiger partial charge in [-0.05, 0) is 6.92 Å². The van der Waals surface area contributed by atoms with E-state index in [1.54, 1.807) is 18.3 Å². The monoisotopic (exact) mass is 477 g/mol. The number of carbonyl (C=O) groups excluding carboxylic acids is 1. The smallest absolute Gasteiger partial charge is 0.270 e. The van der Waals surface area contributed by atoms with Gasteiger partial charge >= 0.3 is 0 Å². The summed E-state index contributed by atoms with van der Waals surface area (Å²) >= 11 is 0. The molecule has 0 spiro atoms. The number of anilines is 1. The number of hydrogen-bond acceptors (Lipinski definition) is 10. The molecule has 5 rings (SSSR count). The molecule has 2 N–H and O–H groups in total. The molecule has 1 saturated heterocycles. The fourth-order valence-corrected chi connectivity index (χ4v) is 3.67. The Labute approximate surface area is 201 Å². The Balaban J connectivity index is 1.29. The average molecular weight is 478 g/mol. The summed E-state index contributed by atoms with van der Waals surface area (Å²) in [6.07, 6.45) is 3.11. The molecule has 1 aliphatic rings. The minimum absolute atomic E-state index is 0.186. The highest BCUT2D eigenvalue weighted by molar-refractivity contribution is 5.93. The van der Waals surface area contributed by atoms with Gasteiger partial charge in [-0.2, -0.15) is 0 Å². The van der Waals surface area contributed by atoms with Crippen molar-refractivity contribution in [3.8, 4) is 11.5 Å². The lowest BCUT2D eigenvalue weighted by molar-refractivity contribution is 0.0928. The number of nitrogens with zero attached hydrogens (tertiary/aromatic N) is 7. The van der Waals surface area contributed by atoms with Gasteiger partial charge in [0.25, 0.3) is 5.91 Å².